The van der Waals surface area contributed by atoms with Gasteiger partial charge in [-0.05, 0) is 25.0 Å². The largest absolute Gasteiger partial charge is 0.379 e. The molecule has 0 heterocycles. The van der Waals surface area contributed by atoms with E-state index in [0.717, 1.165) is 12.0 Å². The Kier molecular flexibility index (Phi) is 3.85. The molecular formula is C11H14N2O2. The molecule has 4 nitrogen and oxygen atoms in total. The lowest BCUT2D eigenvalue weighted by molar-refractivity contribution is -0.384. The van der Waals surface area contributed by atoms with Gasteiger partial charge in [0.25, 0.3) is 5.69 Å². The van der Waals surface area contributed by atoms with Crippen LogP contribution in [0, 0.1) is 17.0 Å². The van der Waals surface area contributed by atoms with E-state index in [4.69, 9.17) is 0 Å². The van der Waals surface area contributed by atoms with Crippen molar-refractivity contribution in [2.45, 2.75) is 13.3 Å². The van der Waals surface area contributed by atoms with Crippen molar-refractivity contribution in [2.24, 2.45) is 0 Å². The maximum Gasteiger partial charge on any atom is 0.292 e. The molecule has 0 aliphatic rings. The van der Waals surface area contributed by atoms with Gasteiger partial charge in [-0.25, -0.2) is 0 Å². The van der Waals surface area contributed by atoms with Gasteiger partial charge >= 0.3 is 0 Å². The van der Waals surface area contributed by atoms with Crippen LogP contribution >= 0.6 is 0 Å². The van der Waals surface area contributed by atoms with Crippen molar-refractivity contribution in [3.05, 3.63) is 46.5 Å². The van der Waals surface area contributed by atoms with Crippen LogP contribution < -0.4 is 5.32 Å². The van der Waals surface area contributed by atoms with Gasteiger partial charge in [0, 0.05) is 12.6 Å². The third-order valence-electron chi connectivity index (χ3n) is 2.01. The Bertz CT molecular complexity index is 375. The molecule has 0 amide bonds. The van der Waals surface area contributed by atoms with Crippen LogP contribution in [-0.4, -0.2) is 11.5 Å². The molecule has 0 aliphatic heterocycles. The van der Waals surface area contributed by atoms with Gasteiger partial charge in [0.05, 0.1) is 4.92 Å². The van der Waals surface area contributed by atoms with Crippen molar-refractivity contribution >= 4 is 11.4 Å². The number of nitrogens with zero attached hydrogens (tertiary/aromatic N) is 1. The first-order chi connectivity index (χ1) is 7.15. The number of benzene rings is 1. The molecule has 0 saturated heterocycles. The van der Waals surface area contributed by atoms with Crippen molar-refractivity contribution in [2.75, 3.05) is 11.9 Å². The number of nitro groups is 1. The van der Waals surface area contributed by atoms with Crippen molar-refractivity contribution < 1.29 is 4.92 Å². The van der Waals surface area contributed by atoms with Crippen molar-refractivity contribution in [3.8, 4) is 0 Å². The Hall–Kier alpha value is -1.84. The highest BCUT2D eigenvalue weighted by atomic mass is 16.6. The lowest BCUT2D eigenvalue weighted by Crippen LogP contribution is -2.03. The average molecular weight is 206 g/mol. The zero-order valence-electron chi connectivity index (χ0n) is 8.69. The maximum absolute atomic E-state index is 10.7. The molecule has 0 unspecified atom stereocenters. The molecule has 0 bridgehead atoms. The molecule has 0 aromatic heterocycles. The van der Waals surface area contributed by atoms with Gasteiger partial charge in [0.2, 0.25) is 0 Å². The summed E-state index contributed by atoms with van der Waals surface area (Å²) < 4.78 is 0. The van der Waals surface area contributed by atoms with Gasteiger partial charge in [0.1, 0.15) is 5.69 Å². The van der Waals surface area contributed by atoms with Crippen LogP contribution in [0.15, 0.2) is 30.9 Å². The highest BCUT2D eigenvalue weighted by molar-refractivity contribution is 5.62. The fraction of sp³-hybridized carbons (Fsp3) is 0.273. The topological polar surface area (TPSA) is 55.2 Å². The molecule has 1 rings (SSSR count). The van der Waals surface area contributed by atoms with Crippen molar-refractivity contribution in [1.82, 2.24) is 0 Å². The van der Waals surface area contributed by atoms with E-state index >= 15 is 0 Å². The molecule has 1 aromatic carbocycles. The highest BCUT2D eigenvalue weighted by Gasteiger charge is 2.12. The minimum Gasteiger partial charge on any atom is -0.379 e. The number of aryl methyl sites for hydroxylation is 1. The molecular weight excluding hydrogens is 192 g/mol. The summed E-state index contributed by atoms with van der Waals surface area (Å²) in [6, 6.07) is 5.03. The summed E-state index contributed by atoms with van der Waals surface area (Å²) in [5.74, 6) is 0. The molecule has 80 valence electrons. The standard InChI is InChI=1S/C11H14N2O2/c1-3-4-7-12-10-8-9(2)5-6-11(10)13(14)15/h3,5-6,8,12H,1,4,7H2,2H3. The Labute approximate surface area is 88.8 Å². The third-order valence-corrected chi connectivity index (χ3v) is 2.01. The Morgan fingerprint density at radius 2 is 2.33 bits per heavy atom. The van der Waals surface area contributed by atoms with E-state index in [9.17, 15) is 10.1 Å². The van der Waals surface area contributed by atoms with Gasteiger partial charge in [0.15, 0.2) is 0 Å². The minimum atomic E-state index is -0.379. The number of nitro benzene ring substituents is 1. The molecule has 4 heteroatoms. The first-order valence-electron chi connectivity index (χ1n) is 4.75. The van der Waals surface area contributed by atoms with E-state index in [1.165, 1.54) is 6.07 Å². The van der Waals surface area contributed by atoms with Crippen molar-refractivity contribution in [1.29, 1.82) is 0 Å². The first kappa shape index (κ1) is 11.2. The SMILES string of the molecule is C=CCCNc1cc(C)ccc1[N+](=O)[O-]. The summed E-state index contributed by atoms with van der Waals surface area (Å²) in [6.45, 7) is 6.16. The van der Waals surface area contributed by atoms with E-state index in [0.29, 0.717) is 12.2 Å². The smallest absolute Gasteiger partial charge is 0.292 e. The van der Waals surface area contributed by atoms with E-state index < -0.39 is 0 Å². The Morgan fingerprint density at radius 3 is 2.93 bits per heavy atom. The zero-order valence-corrected chi connectivity index (χ0v) is 8.69. The number of rotatable bonds is 5. The predicted molar refractivity (Wildman–Crippen MR) is 61.1 cm³/mol. The minimum absolute atomic E-state index is 0.115. The number of hydrogen-bond donors (Lipinski definition) is 1. The van der Waals surface area contributed by atoms with Crippen LogP contribution in [0.4, 0.5) is 11.4 Å². The zero-order chi connectivity index (χ0) is 11.3. The third kappa shape index (κ3) is 3.09. The summed E-state index contributed by atoms with van der Waals surface area (Å²) in [6.07, 6.45) is 2.56. The normalized spacial score (nSPS) is 9.67. The molecule has 0 radical (unpaired) electrons. The van der Waals surface area contributed by atoms with Gasteiger partial charge in [-0.3, -0.25) is 10.1 Å². The molecule has 0 spiro atoms. The first-order valence-corrected chi connectivity index (χ1v) is 4.75. The van der Waals surface area contributed by atoms with Crippen LogP contribution in [0.5, 0.6) is 0 Å². The molecule has 0 fully saturated rings. The van der Waals surface area contributed by atoms with E-state index in [2.05, 4.69) is 11.9 Å². The predicted octanol–water partition coefficient (Wildman–Crippen LogP) is 2.89. The maximum atomic E-state index is 10.7. The molecule has 15 heavy (non-hydrogen) atoms. The van der Waals surface area contributed by atoms with Crippen LogP contribution in [0.3, 0.4) is 0 Å². The molecule has 1 N–H and O–H groups in total. The average Bonchev–Trinajstić information content (AvgIpc) is 2.18. The van der Waals surface area contributed by atoms with Gasteiger partial charge < -0.3 is 5.32 Å². The molecule has 0 saturated carbocycles. The number of nitrogens with one attached hydrogen (secondary N) is 1. The van der Waals surface area contributed by atoms with E-state index in [-0.39, 0.29) is 10.6 Å². The molecule has 1 aromatic rings. The monoisotopic (exact) mass is 206 g/mol. The number of anilines is 1. The fourth-order valence-electron chi connectivity index (χ4n) is 1.26. The Balaban J connectivity index is 2.86. The molecule has 0 atom stereocenters. The second-order valence-electron chi connectivity index (χ2n) is 3.28. The second-order valence-corrected chi connectivity index (χ2v) is 3.28. The summed E-state index contributed by atoms with van der Waals surface area (Å²) >= 11 is 0. The van der Waals surface area contributed by atoms with Gasteiger partial charge in [-0.2, -0.15) is 0 Å². The molecule has 0 aliphatic carbocycles. The lowest BCUT2D eigenvalue weighted by atomic mass is 10.2. The fourth-order valence-corrected chi connectivity index (χ4v) is 1.26. The summed E-state index contributed by atoms with van der Waals surface area (Å²) in [5, 5.41) is 13.7. The summed E-state index contributed by atoms with van der Waals surface area (Å²) in [5.41, 5.74) is 1.69. The van der Waals surface area contributed by atoms with E-state index in [1.807, 2.05) is 6.92 Å². The second kappa shape index (κ2) is 5.14. The highest BCUT2D eigenvalue weighted by Crippen LogP contribution is 2.24. The quantitative estimate of drug-likeness (QED) is 0.349. The van der Waals surface area contributed by atoms with Crippen LogP contribution in [0.2, 0.25) is 0 Å². The van der Waals surface area contributed by atoms with Crippen LogP contribution in [0.1, 0.15) is 12.0 Å². The summed E-state index contributed by atoms with van der Waals surface area (Å²) in [7, 11) is 0. The van der Waals surface area contributed by atoms with Gasteiger partial charge in [-0.15, -0.1) is 6.58 Å². The lowest BCUT2D eigenvalue weighted by Gasteiger charge is -2.06. The number of hydrogen-bond acceptors (Lipinski definition) is 3. The summed E-state index contributed by atoms with van der Waals surface area (Å²) in [4.78, 5) is 10.3. The Morgan fingerprint density at radius 1 is 1.60 bits per heavy atom. The van der Waals surface area contributed by atoms with Crippen molar-refractivity contribution in [3.63, 3.8) is 0 Å². The van der Waals surface area contributed by atoms with Gasteiger partial charge in [-0.1, -0.05) is 12.1 Å². The van der Waals surface area contributed by atoms with Crippen LogP contribution in [0.25, 0.3) is 0 Å². The van der Waals surface area contributed by atoms with Crippen LogP contribution in [-0.2, 0) is 0 Å². The van der Waals surface area contributed by atoms with E-state index in [1.54, 1.807) is 18.2 Å².